The Kier molecular flexibility index (Phi) is 5.74. The van der Waals surface area contributed by atoms with Gasteiger partial charge >= 0.3 is 5.97 Å². The fourth-order valence-electron chi connectivity index (χ4n) is 2.08. The lowest BCUT2D eigenvalue weighted by Gasteiger charge is -2.27. The third kappa shape index (κ3) is 5.43. The van der Waals surface area contributed by atoms with E-state index in [4.69, 9.17) is 5.11 Å². The lowest BCUT2D eigenvalue weighted by Crippen LogP contribution is -2.40. The molecule has 0 aliphatic carbocycles. The number of carboxylic acid groups (broad SMARTS) is 1. The third-order valence-electron chi connectivity index (χ3n) is 3.24. The number of aliphatic carboxylic acids is 1. The summed E-state index contributed by atoms with van der Waals surface area (Å²) in [5, 5.41) is 11.5. The normalized spacial score (nSPS) is 11.2. The van der Waals surface area contributed by atoms with Gasteiger partial charge in [0.25, 0.3) is 0 Å². The highest BCUT2D eigenvalue weighted by atomic mass is 16.4. The number of aryl methyl sites for hydroxylation is 1. The van der Waals surface area contributed by atoms with Crippen molar-refractivity contribution in [2.75, 3.05) is 0 Å². The zero-order valence-corrected chi connectivity index (χ0v) is 12.4. The van der Waals surface area contributed by atoms with Crippen molar-refractivity contribution < 1.29 is 14.7 Å². The summed E-state index contributed by atoms with van der Waals surface area (Å²) >= 11 is 0. The van der Waals surface area contributed by atoms with Crippen molar-refractivity contribution in [2.24, 2.45) is 0 Å². The topological polar surface area (TPSA) is 66.4 Å². The molecule has 4 nitrogen and oxygen atoms in total. The van der Waals surface area contributed by atoms with Crippen LogP contribution in [0.2, 0.25) is 0 Å². The van der Waals surface area contributed by atoms with E-state index in [9.17, 15) is 9.59 Å². The van der Waals surface area contributed by atoms with Crippen molar-refractivity contribution in [1.29, 1.82) is 0 Å². The quantitative estimate of drug-likeness (QED) is 0.753. The summed E-state index contributed by atoms with van der Waals surface area (Å²) in [5.41, 5.74) is 1.80. The first-order chi connectivity index (χ1) is 9.31. The highest BCUT2D eigenvalue weighted by molar-refractivity contribution is 5.77. The number of carboxylic acids is 1. The monoisotopic (exact) mass is 277 g/mol. The predicted octanol–water partition coefficient (Wildman–Crippen LogP) is 2.99. The van der Waals surface area contributed by atoms with E-state index in [1.54, 1.807) is 0 Å². The molecule has 0 aliphatic rings. The summed E-state index contributed by atoms with van der Waals surface area (Å²) in [6.07, 6.45) is 1.62. The molecule has 1 aromatic carbocycles. The molecule has 0 bridgehead atoms. The number of nitrogens with one attached hydrogen (secondary N) is 1. The number of benzene rings is 1. The molecule has 0 heterocycles. The van der Waals surface area contributed by atoms with Gasteiger partial charge in [-0.05, 0) is 39.2 Å². The van der Waals surface area contributed by atoms with Crippen LogP contribution in [-0.4, -0.2) is 17.0 Å². The number of carbonyl (C=O) groups excluding carboxylic acids is 1. The molecular formula is C16H23NO3. The number of hydrogen-bond acceptors (Lipinski definition) is 2. The average molecular weight is 277 g/mol. The highest BCUT2D eigenvalue weighted by Gasteiger charge is 2.22. The van der Waals surface area contributed by atoms with Crippen molar-refractivity contribution in [3.63, 3.8) is 0 Å². The Morgan fingerprint density at radius 1 is 1.20 bits per heavy atom. The molecule has 1 rings (SSSR count). The second kappa shape index (κ2) is 7.08. The molecule has 2 N–H and O–H groups in total. The molecule has 1 aromatic rings. The largest absolute Gasteiger partial charge is 0.481 e. The molecule has 0 fully saturated rings. The van der Waals surface area contributed by atoms with Gasteiger partial charge in [-0.2, -0.15) is 0 Å². The van der Waals surface area contributed by atoms with Gasteiger partial charge in [0.05, 0.1) is 5.54 Å². The molecule has 4 heteroatoms. The summed E-state index contributed by atoms with van der Waals surface area (Å²) in [6, 6.07) is 8.06. The summed E-state index contributed by atoms with van der Waals surface area (Å²) in [5.74, 6) is -0.854. The Morgan fingerprint density at radius 3 is 2.45 bits per heavy atom. The number of hydrogen-bond donors (Lipinski definition) is 2. The van der Waals surface area contributed by atoms with Gasteiger partial charge in [-0.15, -0.1) is 0 Å². The second-order valence-electron chi connectivity index (χ2n) is 5.64. The fraction of sp³-hybridized carbons (Fsp3) is 0.500. The minimum Gasteiger partial charge on any atom is -0.481 e. The van der Waals surface area contributed by atoms with Crippen LogP contribution in [0.5, 0.6) is 0 Å². The van der Waals surface area contributed by atoms with E-state index in [-0.39, 0.29) is 12.3 Å². The van der Waals surface area contributed by atoms with Gasteiger partial charge in [0.1, 0.15) is 0 Å². The SMILES string of the molecule is Cc1cccc(C(C)(C)NC(=O)CCCCC(=O)O)c1. The Morgan fingerprint density at radius 2 is 1.85 bits per heavy atom. The molecule has 0 saturated carbocycles. The zero-order valence-electron chi connectivity index (χ0n) is 12.4. The number of unbranched alkanes of at least 4 members (excludes halogenated alkanes) is 1. The zero-order chi connectivity index (χ0) is 15.2. The average Bonchev–Trinajstić information content (AvgIpc) is 2.34. The standard InChI is InChI=1S/C16H23NO3/c1-12-7-6-8-13(11-12)16(2,3)17-14(18)9-4-5-10-15(19)20/h6-8,11H,4-5,9-10H2,1-3H3,(H,17,18)(H,19,20). The van der Waals surface area contributed by atoms with Crippen molar-refractivity contribution in [3.8, 4) is 0 Å². The summed E-state index contributed by atoms with van der Waals surface area (Å²) in [7, 11) is 0. The molecule has 0 atom stereocenters. The Labute approximate surface area is 120 Å². The molecule has 110 valence electrons. The van der Waals surface area contributed by atoms with Crippen LogP contribution < -0.4 is 5.32 Å². The van der Waals surface area contributed by atoms with Crippen LogP contribution in [0.3, 0.4) is 0 Å². The summed E-state index contributed by atoms with van der Waals surface area (Å²) in [4.78, 5) is 22.3. The maximum Gasteiger partial charge on any atom is 0.303 e. The minimum absolute atomic E-state index is 0.0399. The number of carbonyl (C=O) groups is 2. The van der Waals surface area contributed by atoms with Gasteiger partial charge in [-0.3, -0.25) is 9.59 Å². The fourth-order valence-corrected chi connectivity index (χ4v) is 2.08. The maximum absolute atomic E-state index is 11.9. The number of amides is 1. The van der Waals surface area contributed by atoms with E-state index in [1.165, 1.54) is 0 Å². The van der Waals surface area contributed by atoms with E-state index < -0.39 is 11.5 Å². The minimum atomic E-state index is -0.814. The van der Waals surface area contributed by atoms with E-state index in [0.29, 0.717) is 19.3 Å². The van der Waals surface area contributed by atoms with Gasteiger partial charge < -0.3 is 10.4 Å². The van der Waals surface area contributed by atoms with Crippen molar-refractivity contribution in [2.45, 2.75) is 52.0 Å². The van der Waals surface area contributed by atoms with Gasteiger partial charge in [-0.25, -0.2) is 0 Å². The van der Waals surface area contributed by atoms with Crippen LogP contribution >= 0.6 is 0 Å². The second-order valence-corrected chi connectivity index (χ2v) is 5.64. The van der Waals surface area contributed by atoms with Crippen LogP contribution in [0.1, 0.15) is 50.7 Å². The van der Waals surface area contributed by atoms with E-state index in [0.717, 1.165) is 11.1 Å². The molecule has 0 saturated heterocycles. The molecule has 20 heavy (non-hydrogen) atoms. The summed E-state index contributed by atoms with van der Waals surface area (Å²) in [6.45, 7) is 5.96. The Hall–Kier alpha value is -1.84. The van der Waals surface area contributed by atoms with Crippen LogP contribution in [0, 0.1) is 6.92 Å². The molecular weight excluding hydrogens is 254 g/mol. The van der Waals surface area contributed by atoms with Crippen molar-refractivity contribution in [1.82, 2.24) is 5.32 Å². The maximum atomic E-state index is 11.9. The first kappa shape index (κ1) is 16.2. The van der Waals surface area contributed by atoms with Crippen LogP contribution in [0.25, 0.3) is 0 Å². The third-order valence-corrected chi connectivity index (χ3v) is 3.24. The molecule has 0 radical (unpaired) electrons. The first-order valence-corrected chi connectivity index (χ1v) is 6.91. The van der Waals surface area contributed by atoms with Crippen LogP contribution in [-0.2, 0) is 15.1 Å². The smallest absolute Gasteiger partial charge is 0.303 e. The van der Waals surface area contributed by atoms with Gasteiger partial charge in [0, 0.05) is 12.8 Å². The lowest BCUT2D eigenvalue weighted by molar-refractivity contribution is -0.137. The highest BCUT2D eigenvalue weighted by Crippen LogP contribution is 2.21. The van der Waals surface area contributed by atoms with Crippen LogP contribution in [0.15, 0.2) is 24.3 Å². The van der Waals surface area contributed by atoms with E-state index in [2.05, 4.69) is 11.4 Å². The Bertz CT molecular complexity index is 480. The van der Waals surface area contributed by atoms with Gasteiger partial charge in [0.2, 0.25) is 5.91 Å². The molecule has 0 spiro atoms. The number of rotatable bonds is 7. The molecule has 0 aromatic heterocycles. The molecule has 0 aliphatic heterocycles. The lowest BCUT2D eigenvalue weighted by atomic mass is 9.92. The van der Waals surface area contributed by atoms with Crippen molar-refractivity contribution >= 4 is 11.9 Å². The van der Waals surface area contributed by atoms with Crippen LogP contribution in [0.4, 0.5) is 0 Å². The summed E-state index contributed by atoms with van der Waals surface area (Å²) < 4.78 is 0. The predicted molar refractivity (Wildman–Crippen MR) is 78.5 cm³/mol. The molecule has 1 amide bonds. The molecule has 0 unspecified atom stereocenters. The van der Waals surface area contributed by atoms with Gasteiger partial charge in [-0.1, -0.05) is 29.8 Å². The van der Waals surface area contributed by atoms with Crippen molar-refractivity contribution in [3.05, 3.63) is 35.4 Å². The van der Waals surface area contributed by atoms with Gasteiger partial charge in [0.15, 0.2) is 0 Å². The van der Waals surface area contributed by atoms with E-state index in [1.807, 2.05) is 39.0 Å². The Balaban J connectivity index is 2.49. The first-order valence-electron chi connectivity index (χ1n) is 6.91. The van der Waals surface area contributed by atoms with E-state index >= 15 is 0 Å².